The number of carbonyl (C=O) groups excluding carboxylic acids is 4. The standard InChI is InChI=1S/C36H22F3N3O5S2/c37-36(38,39)27-17-28(30-7-4-16-48-30)41-33(26(27)19-40)49-31-18-32(44)42(34(31)45)25-14-12-24(13-15-25)35(46)47-20-29(43)23-10-8-22(9-11-23)21-5-2-1-3-6-21/h1-17,31H,18,20H2. The number of ether oxygens (including phenoxy) is 1. The fourth-order valence-corrected chi connectivity index (χ4v) is 6.93. The summed E-state index contributed by atoms with van der Waals surface area (Å²) in [6, 6.07) is 27.5. The average Bonchev–Trinajstić information content (AvgIpc) is 3.74. The van der Waals surface area contributed by atoms with Gasteiger partial charge in [0.1, 0.15) is 11.1 Å². The number of anilines is 1. The topological polar surface area (TPSA) is 117 Å². The number of halogens is 3. The first kappa shape index (κ1) is 33.3. The summed E-state index contributed by atoms with van der Waals surface area (Å²) in [6.45, 7) is -0.504. The molecule has 1 aliphatic rings. The van der Waals surface area contributed by atoms with Gasteiger partial charge in [-0.15, -0.1) is 11.3 Å². The molecule has 5 aromatic rings. The average molecular weight is 698 g/mol. The number of nitrogens with zero attached hydrogens (tertiary/aromatic N) is 3. The predicted molar refractivity (Wildman–Crippen MR) is 177 cm³/mol. The summed E-state index contributed by atoms with van der Waals surface area (Å²) in [6.07, 6.45) is -5.21. The summed E-state index contributed by atoms with van der Waals surface area (Å²) in [5.41, 5.74) is 0.546. The number of carbonyl (C=O) groups is 4. The molecule has 3 heterocycles. The highest BCUT2D eigenvalue weighted by atomic mass is 32.2. The Labute approximate surface area is 285 Å². The van der Waals surface area contributed by atoms with Gasteiger partial charge in [-0.1, -0.05) is 72.4 Å². The molecule has 0 N–H and O–H groups in total. The second-order valence-electron chi connectivity index (χ2n) is 10.7. The van der Waals surface area contributed by atoms with Crippen molar-refractivity contribution in [3.8, 4) is 27.8 Å². The van der Waals surface area contributed by atoms with Crippen LogP contribution in [0.2, 0.25) is 0 Å². The number of ketones is 1. The van der Waals surface area contributed by atoms with Gasteiger partial charge in [0, 0.05) is 12.0 Å². The Morgan fingerprint density at radius 2 is 1.61 bits per heavy atom. The van der Waals surface area contributed by atoms with Crippen LogP contribution in [0.1, 0.15) is 38.3 Å². The van der Waals surface area contributed by atoms with Gasteiger partial charge in [-0.05, 0) is 52.9 Å². The van der Waals surface area contributed by atoms with E-state index >= 15 is 0 Å². The van der Waals surface area contributed by atoms with Crippen molar-refractivity contribution in [1.82, 2.24) is 4.98 Å². The third-order valence-corrected chi connectivity index (χ3v) is 9.61. The van der Waals surface area contributed by atoms with Crippen LogP contribution in [-0.2, 0) is 20.5 Å². The van der Waals surface area contributed by atoms with Crippen LogP contribution in [0.25, 0.3) is 21.7 Å². The first-order valence-electron chi connectivity index (χ1n) is 14.6. The van der Waals surface area contributed by atoms with Crippen molar-refractivity contribution in [3.63, 3.8) is 0 Å². The molecule has 0 spiro atoms. The van der Waals surface area contributed by atoms with E-state index in [1.165, 1.54) is 24.3 Å². The molecule has 0 saturated carbocycles. The number of Topliss-reactive ketones (excluding diaryl/α,β-unsaturated/α-hetero) is 1. The van der Waals surface area contributed by atoms with Crippen molar-refractivity contribution >= 4 is 52.4 Å². The molecule has 1 aliphatic heterocycles. The monoisotopic (exact) mass is 697 g/mol. The van der Waals surface area contributed by atoms with Gasteiger partial charge in [0.25, 0.3) is 0 Å². The molecule has 49 heavy (non-hydrogen) atoms. The molecule has 0 bridgehead atoms. The van der Waals surface area contributed by atoms with Crippen molar-refractivity contribution in [2.24, 2.45) is 0 Å². The van der Waals surface area contributed by atoms with Gasteiger partial charge < -0.3 is 4.74 Å². The summed E-state index contributed by atoms with van der Waals surface area (Å²) in [5, 5.41) is 9.84. The summed E-state index contributed by atoms with van der Waals surface area (Å²) >= 11 is 1.79. The van der Waals surface area contributed by atoms with Crippen LogP contribution < -0.4 is 4.90 Å². The SMILES string of the molecule is N#Cc1c(C(F)(F)F)cc(-c2cccs2)nc1SC1CC(=O)N(c2ccc(C(=O)OCC(=O)c3ccc(-c4ccccc4)cc3)cc2)C1=O. The number of hydrogen-bond donors (Lipinski definition) is 0. The maximum Gasteiger partial charge on any atom is 0.417 e. The molecule has 0 radical (unpaired) electrons. The van der Waals surface area contributed by atoms with Gasteiger partial charge in [0.05, 0.1) is 38.2 Å². The number of thiophene rings is 1. The summed E-state index contributed by atoms with van der Waals surface area (Å²) < 4.78 is 47.0. The summed E-state index contributed by atoms with van der Waals surface area (Å²) in [4.78, 5) is 57.2. The van der Waals surface area contributed by atoms with Gasteiger partial charge >= 0.3 is 12.1 Å². The number of esters is 1. The lowest BCUT2D eigenvalue weighted by Crippen LogP contribution is -2.31. The zero-order valence-corrected chi connectivity index (χ0v) is 26.8. The molecule has 8 nitrogen and oxygen atoms in total. The fourth-order valence-electron chi connectivity index (χ4n) is 5.11. The molecule has 13 heteroatoms. The molecular weight excluding hydrogens is 676 g/mol. The Kier molecular flexibility index (Phi) is 9.44. The molecule has 1 atom stereocenters. The van der Waals surface area contributed by atoms with Crippen LogP contribution in [0.3, 0.4) is 0 Å². The Balaban J connectivity index is 1.12. The van der Waals surface area contributed by atoms with Crippen molar-refractivity contribution < 1.29 is 37.1 Å². The third-order valence-electron chi connectivity index (χ3n) is 7.55. The molecule has 3 aromatic carbocycles. The van der Waals surface area contributed by atoms with Crippen LogP contribution in [0.15, 0.2) is 107 Å². The molecule has 1 fully saturated rings. The number of aromatic nitrogens is 1. The molecule has 1 saturated heterocycles. The highest BCUT2D eigenvalue weighted by Gasteiger charge is 2.42. The van der Waals surface area contributed by atoms with Gasteiger partial charge in [-0.3, -0.25) is 14.4 Å². The number of thioether (sulfide) groups is 1. The minimum Gasteiger partial charge on any atom is -0.454 e. The predicted octanol–water partition coefficient (Wildman–Crippen LogP) is 7.83. The number of nitriles is 1. The lowest BCUT2D eigenvalue weighted by atomic mass is 10.0. The van der Waals surface area contributed by atoms with E-state index < -0.39 is 52.7 Å². The second-order valence-corrected chi connectivity index (χ2v) is 12.8. The summed E-state index contributed by atoms with van der Waals surface area (Å²) in [5.74, 6) is -2.53. The minimum atomic E-state index is -4.86. The van der Waals surface area contributed by atoms with E-state index in [0.717, 1.165) is 33.4 Å². The number of amides is 2. The van der Waals surface area contributed by atoms with Gasteiger partial charge in [0.2, 0.25) is 11.8 Å². The smallest absolute Gasteiger partial charge is 0.417 e. The van der Waals surface area contributed by atoms with E-state index in [0.29, 0.717) is 22.2 Å². The van der Waals surface area contributed by atoms with E-state index in [1.54, 1.807) is 47.8 Å². The van der Waals surface area contributed by atoms with Crippen molar-refractivity contribution in [3.05, 3.63) is 125 Å². The first-order chi connectivity index (χ1) is 23.5. The van der Waals surface area contributed by atoms with Gasteiger partial charge in [-0.2, -0.15) is 18.4 Å². The van der Waals surface area contributed by atoms with E-state index in [2.05, 4.69) is 4.98 Å². The van der Waals surface area contributed by atoms with Crippen LogP contribution in [0.5, 0.6) is 0 Å². The van der Waals surface area contributed by atoms with Crippen LogP contribution in [0, 0.1) is 11.3 Å². The molecule has 2 aromatic heterocycles. The number of hydrogen-bond acceptors (Lipinski definition) is 9. The molecule has 0 aliphatic carbocycles. The zero-order valence-electron chi connectivity index (χ0n) is 25.1. The largest absolute Gasteiger partial charge is 0.454 e. The highest BCUT2D eigenvalue weighted by molar-refractivity contribution is 8.00. The maximum absolute atomic E-state index is 13.9. The van der Waals surface area contributed by atoms with Crippen LogP contribution in [-0.4, -0.2) is 40.4 Å². The second kappa shape index (κ2) is 13.9. The van der Waals surface area contributed by atoms with Gasteiger partial charge in [0.15, 0.2) is 12.4 Å². The van der Waals surface area contributed by atoms with E-state index in [1.807, 2.05) is 30.3 Å². The zero-order chi connectivity index (χ0) is 34.7. The number of rotatable bonds is 9. The summed E-state index contributed by atoms with van der Waals surface area (Å²) in [7, 11) is 0. The Hall–Kier alpha value is -5.58. The Morgan fingerprint density at radius 1 is 0.939 bits per heavy atom. The quantitative estimate of drug-likeness (QED) is 0.0869. The molecule has 2 amide bonds. The number of alkyl halides is 3. The normalized spacial score (nSPS) is 14.5. The van der Waals surface area contributed by atoms with E-state index in [9.17, 15) is 37.6 Å². The first-order valence-corrected chi connectivity index (χ1v) is 16.3. The Morgan fingerprint density at radius 3 is 2.24 bits per heavy atom. The molecule has 1 unspecified atom stereocenters. The lowest BCUT2D eigenvalue weighted by molar-refractivity contribution is -0.138. The van der Waals surface area contributed by atoms with Crippen LogP contribution >= 0.6 is 23.1 Å². The van der Waals surface area contributed by atoms with Crippen LogP contribution in [0.4, 0.5) is 18.9 Å². The highest BCUT2D eigenvalue weighted by Crippen LogP contribution is 2.41. The van der Waals surface area contributed by atoms with Crippen molar-refractivity contribution in [2.45, 2.75) is 22.9 Å². The fraction of sp³-hybridized carbons (Fsp3) is 0.111. The minimum absolute atomic E-state index is 0.0115. The number of imide groups is 1. The van der Waals surface area contributed by atoms with E-state index in [4.69, 9.17) is 4.74 Å². The van der Waals surface area contributed by atoms with Crippen molar-refractivity contribution in [2.75, 3.05) is 11.5 Å². The lowest BCUT2D eigenvalue weighted by Gasteiger charge is -2.17. The number of benzene rings is 3. The van der Waals surface area contributed by atoms with Crippen molar-refractivity contribution in [1.29, 1.82) is 5.26 Å². The Bertz CT molecular complexity index is 2100. The molecule has 6 rings (SSSR count). The number of pyridine rings is 1. The molecule has 244 valence electrons. The molecular formula is C36H22F3N3O5S2. The third kappa shape index (κ3) is 7.15. The van der Waals surface area contributed by atoms with Gasteiger partial charge in [-0.25, -0.2) is 14.7 Å². The van der Waals surface area contributed by atoms with E-state index in [-0.39, 0.29) is 28.4 Å². The maximum atomic E-state index is 13.9.